The summed E-state index contributed by atoms with van der Waals surface area (Å²) in [4.78, 5) is 12.4. The number of aliphatic carboxylic acids is 1. The Morgan fingerprint density at radius 2 is 2.00 bits per heavy atom. The second-order valence-corrected chi connectivity index (χ2v) is 3.98. The van der Waals surface area contributed by atoms with E-state index in [1.54, 1.807) is 7.11 Å². The standard InChI is InChI=1S/C9H19NO3/c1-9(2,3)10(5-6-13-4)7-8(11)12/h5-7H2,1-4H3,(H,11,12). The zero-order chi connectivity index (χ0) is 10.5. The second-order valence-electron chi connectivity index (χ2n) is 3.98. The maximum Gasteiger partial charge on any atom is 0.317 e. The molecule has 4 nitrogen and oxygen atoms in total. The minimum absolute atomic E-state index is 0.0624. The fourth-order valence-electron chi connectivity index (χ4n) is 1.02. The van der Waals surface area contributed by atoms with Crippen molar-refractivity contribution in [3.63, 3.8) is 0 Å². The van der Waals surface area contributed by atoms with Gasteiger partial charge in [0.2, 0.25) is 0 Å². The number of hydrogen-bond acceptors (Lipinski definition) is 3. The molecule has 0 saturated heterocycles. The van der Waals surface area contributed by atoms with E-state index in [9.17, 15) is 4.79 Å². The van der Waals surface area contributed by atoms with Crippen LogP contribution in [0.15, 0.2) is 0 Å². The van der Waals surface area contributed by atoms with Gasteiger partial charge in [0.1, 0.15) is 0 Å². The van der Waals surface area contributed by atoms with Gasteiger partial charge in [0.15, 0.2) is 0 Å². The zero-order valence-corrected chi connectivity index (χ0v) is 8.83. The van der Waals surface area contributed by atoms with Gasteiger partial charge in [-0.25, -0.2) is 0 Å². The van der Waals surface area contributed by atoms with Gasteiger partial charge in [0, 0.05) is 19.2 Å². The second kappa shape index (κ2) is 5.19. The molecule has 0 aliphatic rings. The number of ether oxygens (including phenoxy) is 1. The fraction of sp³-hybridized carbons (Fsp3) is 0.889. The first-order chi connectivity index (χ1) is 5.88. The molecule has 0 unspecified atom stereocenters. The average molecular weight is 189 g/mol. The zero-order valence-electron chi connectivity index (χ0n) is 8.83. The molecule has 0 saturated carbocycles. The molecule has 0 radical (unpaired) electrons. The molecule has 0 aliphatic carbocycles. The third-order valence-electron chi connectivity index (χ3n) is 1.84. The summed E-state index contributed by atoms with van der Waals surface area (Å²) in [5, 5.41) is 8.66. The molecule has 0 amide bonds. The quantitative estimate of drug-likeness (QED) is 0.695. The molecule has 0 aromatic carbocycles. The summed E-state index contributed by atoms with van der Waals surface area (Å²) in [5.74, 6) is -0.800. The Bertz CT molecular complexity index is 163. The number of rotatable bonds is 5. The monoisotopic (exact) mass is 189 g/mol. The van der Waals surface area contributed by atoms with Crippen molar-refractivity contribution in [3.8, 4) is 0 Å². The molecule has 13 heavy (non-hydrogen) atoms. The highest BCUT2D eigenvalue weighted by atomic mass is 16.5. The molecule has 0 bridgehead atoms. The van der Waals surface area contributed by atoms with Gasteiger partial charge in [0.25, 0.3) is 0 Å². The van der Waals surface area contributed by atoms with E-state index < -0.39 is 5.97 Å². The molecule has 0 heterocycles. The Kier molecular flexibility index (Phi) is 4.95. The van der Waals surface area contributed by atoms with Crippen molar-refractivity contribution in [2.24, 2.45) is 0 Å². The van der Waals surface area contributed by atoms with Gasteiger partial charge in [-0.05, 0) is 20.8 Å². The summed E-state index contributed by atoms with van der Waals surface area (Å²) in [5.41, 5.74) is -0.128. The van der Waals surface area contributed by atoms with Crippen LogP contribution in [0.1, 0.15) is 20.8 Å². The summed E-state index contributed by atoms with van der Waals surface area (Å²) in [6, 6.07) is 0. The van der Waals surface area contributed by atoms with Crippen LogP contribution >= 0.6 is 0 Å². The largest absolute Gasteiger partial charge is 0.480 e. The summed E-state index contributed by atoms with van der Waals surface area (Å²) in [6.45, 7) is 7.24. The van der Waals surface area contributed by atoms with Crippen molar-refractivity contribution in [1.82, 2.24) is 4.90 Å². The predicted octanol–water partition coefficient (Wildman–Crippen LogP) is 0.818. The summed E-state index contributed by atoms with van der Waals surface area (Å²) in [7, 11) is 1.61. The van der Waals surface area contributed by atoms with E-state index in [4.69, 9.17) is 9.84 Å². The van der Waals surface area contributed by atoms with E-state index in [-0.39, 0.29) is 12.1 Å². The molecular formula is C9H19NO3. The molecule has 0 aromatic rings. The van der Waals surface area contributed by atoms with Gasteiger partial charge in [-0.15, -0.1) is 0 Å². The van der Waals surface area contributed by atoms with Crippen LogP contribution in [0, 0.1) is 0 Å². The lowest BCUT2D eigenvalue weighted by atomic mass is 10.1. The van der Waals surface area contributed by atoms with E-state index in [1.807, 2.05) is 25.7 Å². The number of carbonyl (C=O) groups is 1. The van der Waals surface area contributed by atoms with Crippen molar-refractivity contribution in [2.45, 2.75) is 26.3 Å². The van der Waals surface area contributed by atoms with Crippen molar-refractivity contribution in [2.75, 3.05) is 26.8 Å². The Labute approximate surface area is 79.5 Å². The summed E-state index contributed by atoms with van der Waals surface area (Å²) in [6.07, 6.45) is 0. The Balaban J connectivity index is 4.11. The maximum absolute atomic E-state index is 10.5. The highest BCUT2D eigenvalue weighted by Crippen LogP contribution is 2.11. The Morgan fingerprint density at radius 1 is 1.46 bits per heavy atom. The van der Waals surface area contributed by atoms with E-state index >= 15 is 0 Å². The van der Waals surface area contributed by atoms with Crippen LogP contribution in [0.2, 0.25) is 0 Å². The van der Waals surface area contributed by atoms with Gasteiger partial charge in [-0.3, -0.25) is 9.69 Å². The van der Waals surface area contributed by atoms with Gasteiger partial charge >= 0.3 is 5.97 Å². The van der Waals surface area contributed by atoms with Crippen molar-refractivity contribution >= 4 is 5.97 Å². The van der Waals surface area contributed by atoms with Gasteiger partial charge in [-0.1, -0.05) is 0 Å². The van der Waals surface area contributed by atoms with Crippen LogP contribution in [0.25, 0.3) is 0 Å². The third kappa shape index (κ3) is 5.60. The third-order valence-corrected chi connectivity index (χ3v) is 1.84. The van der Waals surface area contributed by atoms with Crippen LogP contribution < -0.4 is 0 Å². The highest BCUT2D eigenvalue weighted by molar-refractivity contribution is 5.69. The molecule has 0 rings (SSSR count). The molecular weight excluding hydrogens is 170 g/mol. The fourth-order valence-corrected chi connectivity index (χ4v) is 1.02. The SMILES string of the molecule is COCCN(CC(=O)O)C(C)(C)C. The number of carboxylic acid groups (broad SMARTS) is 1. The molecule has 1 N–H and O–H groups in total. The minimum Gasteiger partial charge on any atom is -0.480 e. The van der Waals surface area contributed by atoms with E-state index in [0.29, 0.717) is 13.2 Å². The Hall–Kier alpha value is -0.610. The van der Waals surface area contributed by atoms with Crippen molar-refractivity contribution in [1.29, 1.82) is 0 Å². The van der Waals surface area contributed by atoms with Gasteiger partial charge < -0.3 is 9.84 Å². The minimum atomic E-state index is -0.800. The molecule has 4 heteroatoms. The van der Waals surface area contributed by atoms with Crippen LogP contribution in [0.3, 0.4) is 0 Å². The summed E-state index contributed by atoms with van der Waals surface area (Å²) < 4.78 is 4.91. The van der Waals surface area contributed by atoms with E-state index in [2.05, 4.69) is 0 Å². The lowest BCUT2D eigenvalue weighted by molar-refractivity contribution is -0.139. The topological polar surface area (TPSA) is 49.8 Å². The maximum atomic E-state index is 10.5. The lowest BCUT2D eigenvalue weighted by Crippen LogP contribution is -2.46. The number of methoxy groups -OCH3 is 1. The van der Waals surface area contributed by atoms with Gasteiger partial charge in [0.05, 0.1) is 13.2 Å². The van der Waals surface area contributed by atoms with Crippen LogP contribution in [-0.4, -0.2) is 48.3 Å². The van der Waals surface area contributed by atoms with Crippen molar-refractivity contribution < 1.29 is 14.6 Å². The lowest BCUT2D eigenvalue weighted by Gasteiger charge is -2.33. The molecule has 0 atom stereocenters. The van der Waals surface area contributed by atoms with Crippen LogP contribution in [0.4, 0.5) is 0 Å². The van der Waals surface area contributed by atoms with Crippen LogP contribution in [0.5, 0.6) is 0 Å². The normalized spacial score (nSPS) is 12.1. The first-order valence-corrected chi connectivity index (χ1v) is 4.33. The highest BCUT2D eigenvalue weighted by Gasteiger charge is 2.22. The Morgan fingerprint density at radius 3 is 2.31 bits per heavy atom. The molecule has 0 aromatic heterocycles. The molecule has 0 aliphatic heterocycles. The molecule has 0 spiro atoms. The molecule has 78 valence electrons. The number of hydrogen-bond donors (Lipinski definition) is 1. The van der Waals surface area contributed by atoms with Crippen LogP contribution in [-0.2, 0) is 9.53 Å². The van der Waals surface area contributed by atoms with E-state index in [1.165, 1.54) is 0 Å². The average Bonchev–Trinajstić information content (AvgIpc) is 1.95. The predicted molar refractivity (Wildman–Crippen MR) is 50.8 cm³/mol. The first-order valence-electron chi connectivity index (χ1n) is 4.33. The number of nitrogens with zero attached hydrogens (tertiary/aromatic N) is 1. The van der Waals surface area contributed by atoms with Gasteiger partial charge in [-0.2, -0.15) is 0 Å². The van der Waals surface area contributed by atoms with Crippen molar-refractivity contribution in [3.05, 3.63) is 0 Å². The van der Waals surface area contributed by atoms with E-state index in [0.717, 1.165) is 0 Å². The first kappa shape index (κ1) is 12.4. The molecule has 0 fully saturated rings. The number of carboxylic acids is 1. The summed E-state index contributed by atoms with van der Waals surface area (Å²) >= 11 is 0. The smallest absolute Gasteiger partial charge is 0.317 e.